The highest BCUT2D eigenvalue weighted by Crippen LogP contribution is 2.37. The summed E-state index contributed by atoms with van der Waals surface area (Å²) in [6, 6.07) is 18.4. The highest BCUT2D eigenvalue weighted by Gasteiger charge is 2.48. The number of hydrogen-bond acceptors (Lipinski definition) is 11. The van der Waals surface area contributed by atoms with Crippen LogP contribution in [0.1, 0.15) is 103 Å². The Morgan fingerprint density at radius 3 is 2.30 bits per heavy atom. The number of alkyl halides is 3. The average molecular weight is 1030 g/mol. The molecule has 4 aromatic rings. The van der Waals surface area contributed by atoms with E-state index in [0.29, 0.717) is 57.1 Å². The van der Waals surface area contributed by atoms with Crippen molar-refractivity contribution in [3.63, 3.8) is 0 Å². The molecule has 3 amide bonds. The van der Waals surface area contributed by atoms with Gasteiger partial charge in [0, 0.05) is 36.2 Å². The van der Waals surface area contributed by atoms with Gasteiger partial charge in [0.05, 0.1) is 32.7 Å². The summed E-state index contributed by atoms with van der Waals surface area (Å²) in [5, 5.41) is 14.6. The molecule has 5 unspecified atom stereocenters. The fraction of sp³-hybridized carbons (Fsp3) is 0.510. The van der Waals surface area contributed by atoms with Gasteiger partial charge < -0.3 is 25.8 Å². The van der Waals surface area contributed by atoms with Crippen LogP contribution < -0.4 is 21.1 Å². The van der Waals surface area contributed by atoms with E-state index in [2.05, 4.69) is 25.8 Å². The Hall–Kier alpha value is -4.34. The average Bonchev–Trinajstić information content (AvgIpc) is 3.98. The molecule has 5 N–H and O–H groups in total. The molecule has 1 aliphatic rings. The molecule has 0 radical (unpaired) electrons. The van der Waals surface area contributed by atoms with Crippen molar-refractivity contribution in [2.24, 2.45) is 10.6 Å². The normalized spacial score (nSPS) is 16.2. The van der Waals surface area contributed by atoms with Crippen LogP contribution in [0.25, 0.3) is 10.4 Å². The van der Waals surface area contributed by atoms with Gasteiger partial charge in [-0.25, -0.2) is 22.7 Å². The Morgan fingerprint density at radius 2 is 1.68 bits per heavy atom. The van der Waals surface area contributed by atoms with E-state index in [1.54, 1.807) is 16.2 Å². The number of hydrogen-bond donors (Lipinski definition) is 4. The Labute approximate surface area is 415 Å². The Kier molecular flexibility index (Phi) is 20.3. The summed E-state index contributed by atoms with van der Waals surface area (Å²) < 4.78 is 78.7. The second kappa shape index (κ2) is 25.2. The predicted octanol–water partition coefficient (Wildman–Crippen LogP) is 9.03. The quantitative estimate of drug-likeness (QED) is 0.0390. The Morgan fingerprint density at radius 1 is 0.986 bits per heavy atom. The molecule has 69 heavy (non-hydrogen) atoms. The first-order chi connectivity index (χ1) is 32.6. The van der Waals surface area contributed by atoms with Crippen molar-refractivity contribution in [1.29, 1.82) is 0 Å². The van der Waals surface area contributed by atoms with Crippen LogP contribution in [-0.2, 0) is 35.2 Å². The van der Waals surface area contributed by atoms with Crippen molar-refractivity contribution in [1.82, 2.24) is 25.4 Å². The summed E-state index contributed by atoms with van der Waals surface area (Å²) in [7, 11) is -8.01. The van der Waals surface area contributed by atoms with Gasteiger partial charge in [-0.1, -0.05) is 83.0 Å². The van der Waals surface area contributed by atoms with Crippen LogP contribution >= 0.6 is 23.1 Å². The summed E-state index contributed by atoms with van der Waals surface area (Å²) in [6.07, 6.45) is 4.98. The minimum absolute atomic E-state index is 0.222. The van der Waals surface area contributed by atoms with E-state index < -0.39 is 54.8 Å². The number of rotatable bonds is 24. The number of thioether (sulfide) groups is 1. The first kappa shape index (κ1) is 55.6. The molecule has 5 rings (SSSR count). The lowest BCUT2D eigenvalue weighted by atomic mass is 9.85. The molecular formula is C49H66F3N7O6S4. The third-order valence-corrected chi connectivity index (χ3v) is 16.6. The van der Waals surface area contributed by atoms with E-state index in [4.69, 9.17) is 5.14 Å². The van der Waals surface area contributed by atoms with E-state index in [-0.39, 0.29) is 40.8 Å². The van der Waals surface area contributed by atoms with Gasteiger partial charge in [0.2, 0.25) is 17.7 Å². The van der Waals surface area contributed by atoms with Crippen molar-refractivity contribution in [2.75, 3.05) is 37.2 Å². The molecule has 1 aromatic heterocycles. The van der Waals surface area contributed by atoms with E-state index in [1.807, 2.05) is 102 Å². The SMILES string of the molecule is CCN(CCCCCCC(=O)NC(C(=O)N1CCCC1C(=O)NC(C)c1ccc(-c2scnc2C)cc1)C(C)(C)C)CCC(CSc1ccccc1)Nc1ccc(S(N)=O)cc1S(=O)(=O)C(F)(F)F. The molecule has 1 fully saturated rings. The topological polar surface area (TPSA) is 184 Å². The van der Waals surface area contributed by atoms with Gasteiger partial charge >= 0.3 is 5.51 Å². The summed E-state index contributed by atoms with van der Waals surface area (Å²) in [5.41, 5.74) is -1.64. The highest BCUT2D eigenvalue weighted by molar-refractivity contribution is 7.99. The largest absolute Gasteiger partial charge is 0.501 e. The first-order valence-corrected chi connectivity index (χ1v) is 27.9. The van der Waals surface area contributed by atoms with Gasteiger partial charge in [-0.05, 0) is 106 Å². The fourth-order valence-corrected chi connectivity index (χ4v) is 11.5. The molecular weight excluding hydrogens is 968 g/mol. The number of benzene rings is 3. The maximum atomic E-state index is 14.1. The lowest BCUT2D eigenvalue weighted by molar-refractivity contribution is -0.144. The van der Waals surface area contributed by atoms with Gasteiger partial charge in [-0.3, -0.25) is 14.4 Å². The van der Waals surface area contributed by atoms with Gasteiger partial charge in [0.15, 0.2) is 0 Å². The molecule has 20 heteroatoms. The van der Waals surface area contributed by atoms with Crippen molar-refractivity contribution < 1.29 is 40.2 Å². The standard InChI is InChI=1S/C49H66F3N7O6S4/c1-7-58(29-26-37(31-66-38-16-11-10-12-17-38)56-40-25-24-39(68(53)63)30-42(40)69(64,65)49(50,51)52)27-14-9-8-13-19-43(60)57-45(48(4,5)6)47(62)59-28-15-18-41(59)46(61)55-33(2)35-20-22-36(23-21-35)44-34(3)54-32-67-44/h10-12,16-17,20-25,30,32-33,37,41,45,56H,7-9,13-15,18-19,26-29,31,53H2,1-6H3,(H,55,61)(H,57,60). The molecule has 13 nitrogen and oxygen atoms in total. The number of likely N-dealkylation sites (tertiary alicyclic amines) is 1. The predicted molar refractivity (Wildman–Crippen MR) is 270 cm³/mol. The lowest BCUT2D eigenvalue weighted by Gasteiger charge is -2.35. The molecule has 1 aliphatic heterocycles. The Bertz CT molecular complexity index is 2470. The number of nitrogens with one attached hydrogen (secondary N) is 3. The number of thiazole rings is 1. The number of carbonyl (C=O) groups is 3. The third-order valence-electron chi connectivity index (χ3n) is 12.2. The zero-order chi connectivity index (χ0) is 50.5. The van der Waals surface area contributed by atoms with E-state index in [0.717, 1.165) is 52.4 Å². The molecule has 0 aliphatic carbocycles. The van der Waals surface area contributed by atoms with Crippen LogP contribution in [0.15, 0.2) is 93.0 Å². The summed E-state index contributed by atoms with van der Waals surface area (Å²) in [5.74, 6) is -0.302. The number of amides is 3. The second-order valence-electron chi connectivity index (χ2n) is 18.4. The molecule has 0 bridgehead atoms. The van der Waals surface area contributed by atoms with Crippen LogP contribution in [-0.4, -0.2) is 101 Å². The zero-order valence-corrected chi connectivity index (χ0v) is 43.4. The van der Waals surface area contributed by atoms with Crippen LogP contribution in [0.4, 0.5) is 18.9 Å². The molecule has 0 spiro atoms. The third kappa shape index (κ3) is 15.6. The second-order valence-corrected chi connectivity index (χ2v) is 23.4. The molecule has 0 saturated carbocycles. The summed E-state index contributed by atoms with van der Waals surface area (Å²) >= 11 is 3.07. The van der Waals surface area contributed by atoms with Crippen LogP contribution in [0, 0.1) is 12.3 Å². The van der Waals surface area contributed by atoms with Crippen molar-refractivity contribution in [3.05, 3.63) is 89.6 Å². The van der Waals surface area contributed by atoms with Gasteiger partial charge in [0.25, 0.3) is 9.84 Å². The molecule has 1 saturated heterocycles. The number of sulfone groups is 1. The minimum atomic E-state index is -5.81. The monoisotopic (exact) mass is 1030 g/mol. The number of nitrogens with two attached hydrogens (primary N) is 1. The number of halogens is 3. The minimum Gasteiger partial charge on any atom is -0.380 e. The fourth-order valence-electron chi connectivity index (χ4n) is 8.21. The van der Waals surface area contributed by atoms with Gasteiger partial charge in [-0.2, -0.15) is 13.2 Å². The first-order valence-electron chi connectivity index (χ1n) is 23.3. The van der Waals surface area contributed by atoms with E-state index >= 15 is 0 Å². The molecule has 3 aromatic carbocycles. The lowest BCUT2D eigenvalue weighted by Crippen LogP contribution is -2.57. The number of nitrogens with zero attached hydrogens (tertiary/aromatic N) is 3. The number of anilines is 1. The zero-order valence-electron chi connectivity index (χ0n) is 40.1. The van der Waals surface area contributed by atoms with Crippen LogP contribution in [0.3, 0.4) is 0 Å². The van der Waals surface area contributed by atoms with E-state index in [1.165, 1.54) is 23.9 Å². The highest BCUT2D eigenvalue weighted by atomic mass is 32.2. The maximum Gasteiger partial charge on any atom is 0.501 e. The van der Waals surface area contributed by atoms with Crippen LogP contribution in [0.5, 0.6) is 0 Å². The van der Waals surface area contributed by atoms with Crippen molar-refractivity contribution >= 4 is 67.3 Å². The van der Waals surface area contributed by atoms with Gasteiger partial charge in [-0.15, -0.1) is 23.1 Å². The number of unbranched alkanes of at least 4 members (excludes halogenated alkanes) is 3. The van der Waals surface area contributed by atoms with E-state index in [9.17, 15) is 40.2 Å². The maximum absolute atomic E-state index is 14.1. The number of aryl methyl sites for hydroxylation is 1. The number of carbonyl (C=O) groups excluding carboxylic acids is 3. The van der Waals surface area contributed by atoms with Crippen molar-refractivity contribution in [2.45, 2.75) is 137 Å². The van der Waals surface area contributed by atoms with Crippen molar-refractivity contribution in [3.8, 4) is 10.4 Å². The van der Waals surface area contributed by atoms with Gasteiger partial charge in [0.1, 0.15) is 28.0 Å². The molecule has 378 valence electrons. The smallest absolute Gasteiger partial charge is 0.380 e. The number of aromatic nitrogens is 1. The summed E-state index contributed by atoms with van der Waals surface area (Å²) in [4.78, 5) is 50.1. The molecule has 5 atom stereocenters. The van der Waals surface area contributed by atoms with Crippen LogP contribution in [0.2, 0.25) is 0 Å². The Balaban J connectivity index is 1.10. The molecule has 2 heterocycles. The summed E-state index contributed by atoms with van der Waals surface area (Å²) in [6.45, 7) is 14.1.